The van der Waals surface area contributed by atoms with Crippen LogP contribution in [0.4, 0.5) is 22.9 Å². The number of rotatable bonds is 2. The molecule has 0 unspecified atom stereocenters. The zero-order chi connectivity index (χ0) is 15.8. The van der Waals surface area contributed by atoms with Crippen molar-refractivity contribution in [2.24, 2.45) is 0 Å². The Kier molecular flexibility index (Phi) is 3.27. The molecule has 114 valence electrons. The summed E-state index contributed by atoms with van der Waals surface area (Å²) >= 11 is 0. The van der Waals surface area contributed by atoms with Crippen LogP contribution >= 0.6 is 0 Å². The minimum absolute atomic E-state index is 0.777. The molecule has 0 spiro atoms. The van der Waals surface area contributed by atoms with E-state index >= 15 is 0 Å². The topological polar surface area (TPSA) is 19.4 Å². The zero-order valence-corrected chi connectivity index (χ0v) is 13.4. The maximum absolute atomic E-state index is 4.62. The Hall–Kier alpha value is -2.81. The van der Waals surface area contributed by atoms with E-state index in [9.17, 15) is 0 Å². The van der Waals surface area contributed by atoms with Crippen LogP contribution in [0.1, 0.15) is 11.1 Å². The van der Waals surface area contributed by atoms with Crippen LogP contribution in [0, 0.1) is 13.8 Å². The maximum atomic E-state index is 4.62. The third kappa shape index (κ3) is 2.44. The molecule has 0 fully saturated rings. The van der Waals surface area contributed by atoms with Gasteiger partial charge < -0.3 is 9.80 Å². The Morgan fingerprint density at radius 1 is 0.783 bits per heavy atom. The number of fused-ring (bicyclic) bond motifs is 1. The Morgan fingerprint density at radius 2 is 1.52 bits per heavy atom. The largest absolute Gasteiger partial charge is 0.320 e. The molecule has 0 radical (unpaired) electrons. The third-order valence-corrected chi connectivity index (χ3v) is 4.18. The first-order valence-electron chi connectivity index (χ1n) is 7.86. The van der Waals surface area contributed by atoms with Gasteiger partial charge in [0.1, 0.15) is 6.67 Å². The normalized spacial score (nSPS) is 13.3. The molecule has 4 rings (SSSR count). The van der Waals surface area contributed by atoms with Crippen LogP contribution in [0.5, 0.6) is 0 Å². The first-order chi connectivity index (χ1) is 11.2. The first-order valence-corrected chi connectivity index (χ1v) is 7.86. The van der Waals surface area contributed by atoms with Gasteiger partial charge in [0.2, 0.25) is 0 Å². The van der Waals surface area contributed by atoms with E-state index < -0.39 is 0 Å². The van der Waals surface area contributed by atoms with E-state index in [-0.39, 0.29) is 0 Å². The SMILES string of the molecule is Cc1cc(C)cc(N2CN(c3ccccc3)c3ncccc32)c1. The van der Waals surface area contributed by atoms with Crippen LogP contribution in [-0.4, -0.2) is 11.7 Å². The number of benzene rings is 2. The number of pyridine rings is 1. The maximum Gasteiger partial charge on any atom is 0.158 e. The van der Waals surface area contributed by atoms with Crippen molar-refractivity contribution < 1.29 is 0 Å². The lowest BCUT2D eigenvalue weighted by Gasteiger charge is -2.22. The Morgan fingerprint density at radius 3 is 2.26 bits per heavy atom. The highest BCUT2D eigenvalue weighted by Gasteiger charge is 2.29. The molecule has 2 heterocycles. The molecule has 0 saturated heterocycles. The van der Waals surface area contributed by atoms with Crippen LogP contribution < -0.4 is 9.80 Å². The highest BCUT2D eigenvalue weighted by Crippen LogP contribution is 2.42. The molecule has 2 aromatic carbocycles. The van der Waals surface area contributed by atoms with Crippen LogP contribution in [0.25, 0.3) is 0 Å². The van der Waals surface area contributed by atoms with Gasteiger partial charge in [-0.3, -0.25) is 0 Å². The molecule has 3 aromatic rings. The van der Waals surface area contributed by atoms with Crippen molar-refractivity contribution in [1.29, 1.82) is 0 Å². The van der Waals surface area contributed by atoms with Gasteiger partial charge in [0.05, 0.1) is 5.69 Å². The van der Waals surface area contributed by atoms with Gasteiger partial charge in [-0.1, -0.05) is 24.3 Å². The fourth-order valence-corrected chi connectivity index (χ4v) is 3.23. The van der Waals surface area contributed by atoms with Crippen molar-refractivity contribution in [3.8, 4) is 0 Å². The van der Waals surface area contributed by atoms with Gasteiger partial charge in [-0.25, -0.2) is 4.98 Å². The van der Waals surface area contributed by atoms with Crippen molar-refractivity contribution >= 4 is 22.9 Å². The molecule has 23 heavy (non-hydrogen) atoms. The number of para-hydroxylation sites is 1. The molecular weight excluding hydrogens is 282 g/mol. The van der Waals surface area contributed by atoms with Gasteiger partial charge in [-0.05, 0) is 61.4 Å². The molecule has 3 nitrogen and oxygen atoms in total. The Labute approximate surface area is 136 Å². The molecule has 0 saturated carbocycles. The van der Waals surface area contributed by atoms with Crippen molar-refractivity contribution in [1.82, 2.24) is 4.98 Å². The summed E-state index contributed by atoms with van der Waals surface area (Å²) in [6, 6.07) is 21.3. The second-order valence-electron chi connectivity index (χ2n) is 6.03. The van der Waals surface area contributed by atoms with Gasteiger partial charge in [0.15, 0.2) is 5.82 Å². The van der Waals surface area contributed by atoms with E-state index in [1.54, 1.807) is 0 Å². The van der Waals surface area contributed by atoms with Gasteiger partial charge in [0, 0.05) is 17.6 Å². The second-order valence-corrected chi connectivity index (χ2v) is 6.03. The summed E-state index contributed by atoms with van der Waals surface area (Å²) in [4.78, 5) is 9.21. The van der Waals surface area contributed by atoms with Gasteiger partial charge in [-0.15, -0.1) is 0 Å². The van der Waals surface area contributed by atoms with E-state index in [0.717, 1.165) is 18.2 Å². The number of nitrogens with zero attached hydrogens (tertiary/aromatic N) is 3. The number of hydrogen-bond acceptors (Lipinski definition) is 3. The van der Waals surface area contributed by atoms with E-state index in [1.165, 1.54) is 22.5 Å². The lowest BCUT2D eigenvalue weighted by molar-refractivity contribution is 0.979. The monoisotopic (exact) mass is 301 g/mol. The van der Waals surface area contributed by atoms with Crippen LogP contribution in [0.3, 0.4) is 0 Å². The summed E-state index contributed by atoms with van der Waals surface area (Å²) in [5.41, 5.74) is 6.10. The summed E-state index contributed by atoms with van der Waals surface area (Å²) in [5, 5.41) is 0. The minimum Gasteiger partial charge on any atom is -0.320 e. The van der Waals surface area contributed by atoms with Gasteiger partial charge in [0.25, 0.3) is 0 Å². The lowest BCUT2D eigenvalue weighted by Crippen LogP contribution is -2.24. The van der Waals surface area contributed by atoms with Crippen molar-refractivity contribution in [3.05, 3.63) is 78.0 Å². The molecular formula is C20H19N3. The average Bonchev–Trinajstić information content (AvgIpc) is 2.94. The highest BCUT2D eigenvalue weighted by molar-refractivity contribution is 5.84. The van der Waals surface area contributed by atoms with E-state index in [0.29, 0.717) is 0 Å². The van der Waals surface area contributed by atoms with Crippen molar-refractivity contribution in [3.63, 3.8) is 0 Å². The van der Waals surface area contributed by atoms with E-state index in [1.807, 2.05) is 18.3 Å². The quantitative estimate of drug-likeness (QED) is 0.668. The first kappa shape index (κ1) is 13.8. The van der Waals surface area contributed by atoms with Crippen LogP contribution in [0.2, 0.25) is 0 Å². The van der Waals surface area contributed by atoms with Gasteiger partial charge in [-0.2, -0.15) is 0 Å². The summed E-state index contributed by atoms with van der Waals surface area (Å²) < 4.78 is 0. The highest BCUT2D eigenvalue weighted by atomic mass is 15.4. The number of aryl methyl sites for hydroxylation is 2. The standard InChI is InChI=1S/C20H19N3/c1-15-11-16(2)13-18(12-15)22-14-23(17-7-4-3-5-8-17)20-19(22)9-6-10-21-20/h3-13H,14H2,1-2H3. The molecule has 0 N–H and O–H groups in total. The lowest BCUT2D eigenvalue weighted by atomic mass is 10.1. The number of aromatic nitrogens is 1. The minimum atomic E-state index is 0.777. The number of anilines is 4. The van der Waals surface area contributed by atoms with Crippen LogP contribution in [0.15, 0.2) is 66.9 Å². The van der Waals surface area contributed by atoms with E-state index in [2.05, 4.69) is 77.2 Å². The molecule has 1 aliphatic heterocycles. The van der Waals surface area contributed by atoms with Crippen molar-refractivity contribution in [2.75, 3.05) is 16.5 Å². The van der Waals surface area contributed by atoms with Crippen LogP contribution in [-0.2, 0) is 0 Å². The molecule has 0 aliphatic carbocycles. The summed E-state index contributed by atoms with van der Waals surface area (Å²) in [7, 11) is 0. The molecule has 0 atom stereocenters. The molecule has 1 aliphatic rings. The summed E-state index contributed by atoms with van der Waals surface area (Å²) in [6.45, 7) is 5.07. The summed E-state index contributed by atoms with van der Waals surface area (Å²) in [5.74, 6) is 1.01. The predicted molar refractivity (Wildman–Crippen MR) is 95.7 cm³/mol. The predicted octanol–water partition coefficient (Wildman–Crippen LogP) is 4.95. The fraction of sp³-hybridized carbons (Fsp3) is 0.150. The Bertz CT molecular complexity index is 822. The summed E-state index contributed by atoms with van der Waals surface area (Å²) in [6.07, 6.45) is 1.86. The fourth-order valence-electron chi connectivity index (χ4n) is 3.23. The average molecular weight is 301 g/mol. The third-order valence-electron chi connectivity index (χ3n) is 4.18. The smallest absolute Gasteiger partial charge is 0.158 e. The molecule has 0 amide bonds. The Balaban J connectivity index is 1.81. The number of hydrogen-bond donors (Lipinski definition) is 0. The van der Waals surface area contributed by atoms with Gasteiger partial charge >= 0.3 is 0 Å². The zero-order valence-electron chi connectivity index (χ0n) is 13.4. The van der Waals surface area contributed by atoms with E-state index in [4.69, 9.17) is 0 Å². The molecule has 1 aromatic heterocycles. The molecule has 0 bridgehead atoms. The molecule has 3 heteroatoms. The second kappa shape index (κ2) is 5.43. The van der Waals surface area contributed by atoms with Crippen molar-refractivity contribution in [2.45, 2.75) is 13.8 Å².